The maximum absolute atomic E-state index is 12.0. The standard InChI is InChI=1S/C11H17O.Li/c1-11-5-7-2-8(6-11)4-9(3-7)10(11)12;/h7-10H,2-6H2,1H3;/q-1;+1. The predicted molar refractivity (Wildman–Crippen MR) is 45.5 cm³/mol. The van der Waals surface area contributed by atoms with Crippen molar-refractivity contribution in [3.8, 4) is 0 Å². The molecule has 3 unspecified atom stereocenters. The molecule has 0 N–H and O–H groups in total. The Morgan fingerprint density at radius 1 is 1.08 bits per heavy atom. The van der Waals surface area contributed by atoms with E-state index in [2.05, 4.69) is 6.92 Å². The van der Waals surface area contributed by atoms with Crippen molar-refractivity contribution in [3.05, 3.63) is 0 Å². The van der Waals surface area contributed by atoms with Crippen LogP contribution in [-0.4, -0.2) is 6.10 Å². The van der Waals surface area contributed by atoms with Crippen LogP contribution in [0, 0.1) is 23.2 Å². The molecule has 4 aliphatic carbocycles. The van der Waals surface area contributed by atoms with Gasteiger partial charge in [-0.05, 0) is 49.4 Å². The van der Waals surface area contributed by atoms with Crippen LogP contribution in [-0.2, 0) is 0 Å². The summed E-state index contributed by atoms with van der Waals surface area (Å²) in [7, 11) is 0. The van der Waals surface area contributed by atoms with E-state index in [1.165, 1.54) is 32.1 Å². The Kier molecular flexibility index (Phi) is 2.35. The summed E-state index contributed by atoms with van der Waals surface area (Å²) in [5, 5.41) is 12.0. The van der Waals surface area contributed by atoms with Crippen molar-refractivity contribution in [1.29, 1.82) is 0 Å². The van der Waals surface area contributed by atoms with Gasteiger partial charge in [0, 0.05) is 0 Å². The average Bonchev–Trinajstić information content (AvgIpc) is 1.98. The van der Waals surface area contributed by atoms with Gasteiger partial charge in [0.1, 0.15) is 0 Å². The summed E-state index contributed by atoms with van der Waals surface area (Å²) in [6, 6.07) is 0. The van der Waals surface area contributed by atoms with Crippen LogP contribution in [0.1, 0.15) is 39.0 Å². The van der Waals surface area contributed by atoms with Crippen LogP contribution in [0.5, 0.6) is 0 Å². The molecule has 0 amide bonds. The molecule has 1 nitrogen and oxygen atoms in total. The van der Waals surface area contributed by atoms with E-state index in [1.807, 2.05) is 0 Å². The first-order valence-electron chi connectivity index (χ1n) is 5.33. The smallest absolute Gasteiger partial charge is 0.851 e. The Morgan fingerprint density at radius 2 is 1.62 bits per heavy atom. The number of hydrogen-bond acceptors (Lipinski definition) is 1. The Bertz CT molecular complexity index is 202. The quantitative estimate of drug-likeness (QED) is 0.411. The second-order valence-electron chi connectivity index (χ2n) is 5.68. The predicted octanol–water partition coefficient (Wildman–Crippen LogP) is -1.43. The molecule has 0 aromatic carbocycles. The minimum absolute atomic E-state index is 0. The van der Waals surface area contributed by atoms with Crippen molar-refractivity contribution in [1.82, 2.24) is 0 Å². The molecule has 2 heteroatoms. The molecule has 0 saturated heterocycles. The van der Waals surface area contributed by atoms with E-state index in [0.717, 1.165) is 11.8 Å². The van der Waals surface area contributed by atoms with Crippen LogP contribution in [0.25, 0.3) is 0 Å². The zero-order valence-corrected chi connectivity index (χ0v) is 8.75. The Hall–Kier alpha value is 0.557. The second kappa shape index (κ2) is 3.02. The third kappa shape index (κ3) is 1.32. The third-order valence-corrected chi connectivity index (χ3v) is 4.56. The van der Waals surface area contributed by atoms with Gasteiger partial charge in [0.05, 0.1) is 0 Å². The summed E-state index contributed by atoms with van der Waals surface area (Å²) in [5.74, 6) is 2.41. The van der Waals surface area contributed by atoms with Crippen LogP contribution in [0.15, 0.2) is 0 Å². The summed E-state index contributed by atoms with van der Waals surface area (Å²) in [4.78, 5) is 0. The van der Waals surface area contributed by atoms with Gasteiger partial charge in [-0.3, -0.25) is 0 Å². The minimum atomic E-state index is -0.217. The van der Waals surface area contributed by atoms with Gasteiger partial charge in [0.25, 0.3) is 0 Å². The molecule has 4 fully saturated rings. The van der Waals surface area contributed by atoms with Gasteiger partial charge in [-0.2, -0.15) is 0 Å². The third-order valence-electron chi connectivity index (χ3n) is 4.56. The molecule has 0 aliphatic heterocycles. The SMILES string of the molecule is CC12CC3CC(CC(C3)C1[O-])C2.[Li+]. The first-order valence-corrected chi connectivity index (χ1v) is 5.33. The molecule has 4 rings (SSSR count). The Labute approximate surface area is 92.5 Å². The molecule has 4 aliphatic rings. The van der Waals surface area contributed by atoms with Crippen LogP contribution < -0.4 is 24.0 Å². The van der Waals surface area contributed by atoms with Crippen molar-refractivity contribution >= 4 is 0 Å². The molecule has 0 aromatic heterocycles. The van der Waals surface area contributed by atoms with E-state index in [4.69, 9.17) is 0 Å². The monoisotopic (exact) mass is 172 g/mol. The molecule has 4 saturated carbocycles. The number of rotatable bonds is 0. The maximum Gasteiger partial charge on any atom is 1.00 e. The molecule has 13 heavy (non-hydrogen) atoms. The van der Waals surface area contributed by atoms with Crippen LogP contribution in [0.2, 0.25) is 0 Å². The molecular weight excluding hydrogens is 155 g/mol. The van der Waals surface area contributed by atoms with Gasteiger partial charge in [0.15, 0.2) is 0 Å². The van der Waals surface area contributed by atoms with E-state index in [9.17, 15) is 5.11 Å². The van der Waals surface area contributed by atoms with Crippen molar-refractivity contribution in [2.75, 3.05) is 0 Å². The van der Waals surface area contributed by atoms with Gasteiger partial charge in [-0.15, -0.1) is 6.10 Å². The number of hydrogen-bond donors (Lipinski definition) is 0. The fourth-order valence-electron chi connectivity index (χ4n) is 4.40. The summed E-state index contributed by atoms with van der Waals surface area (Å²) in [6.07, 6.45) is 6.24. The molecule has 3 atom stereocenters. The average molecular weight is 172 g/mol. The van der Waals surface area contributed by atoms with Crippen LogP contribution >= 0.6 is 0 Å². The molecule has 68 valence electrons. The Morgan fingerprint density at radius 3 is 2.08 bits per heavy atom. The largest absolute Gasteiger partial charge is 1.00 e. The van der Waals surface area contributed by atoms with Gasteiger partial charge in [-0.25, -0.2) is 0 Å². The molecule has 0 radical (unpaired) electrons. The van der Waals surface area contributed by atoms with Crippen LogP contribution in [0.4, 0.5) is 0 Å². The van der Waals surface area contributed by atoms with E-state index in [-0.39, 0.29) is 30.4 Å². The molecule has 0 spiro atoms. The van der Waals surface area contributed by atoms with Crippen LogP contribution in [0.3, 0.4) is 0 Å². The Balaban J connectivity index is 0.000000653. The summed E-state index contributed by atoms with van der Waals surface area (Å²) in [6.45, 7) is 2.25. The second-order valence-corrected chi connectivity index (χ2v) is 5.68. The molecule has 0 heterocycles. The zero-order chi connectivity index (χ0) is 8.34. The van der Waals surface area contributed by atoms with Gasteiger partial charge in [-0.1, -0.05) is 12.8 Å². The van der Waals surface area contributed by atoms with Crippen molar-refractivity contribution in [2.24, 2.45) is 23.2 Å². The molecular formula is C11H17LiO. The molecule has 4 bridgehead atoms. The van der Waals surface area contributed by atoms with Crippen molar-refractivity contribution in [3.63, 3.8) is 0 Å². The van der Waals surface area contributed by atoms with E-state index >= 15 is 0 Å². The van der Waals surface area contributed by atoms with Gasteiger partial charge in [0.2, 0.25) is 0 Å². The normalized spacial score (nSPS) is 57.7. The zero-order valence-electron chi connectivity index (χ0n) is 8.75. The topological polar surface area (TPSA) is 23.1 Å². The van der Waals surface area contributed by atoms with E-state index < -0.39 is 0 Å². The fraction of sp³-hybridized carbons (Fsp3) is 1.00. The first kappa shape index (κ1) is 10.1. The first-order chi connectivity index (χ1) is 5.67. The van der Waals surface area contributed by atoms with E-state index in [0.29, 0.717) is 5.92 Å². The fourth-order valence-corrected chi connectivity index (χ4v) is 4.40. The summed E-state index contributed by atoms with van der Waals surface area (Å²) >= 11 is 0. The van der Waals surface area contributed by atoms with Gasteiger partial charge >= 0.3 is 18.9 Å². The minimum Gasteiger partial charge on any atom is -0.851 e. The van der Waals surface area contributed by atoms with Crippen molar-refractivity contribution in [2.45, 2.75) is 45.1 Å². The van der Waals surface area contributed by atoms with E-state index in [1.54, 1.807) is 0 Å². The maximum atomic E-state index is 12.0. The summed E-state index contributed by atoms with van der Waals surface area (Å²) < 4.78 is 0. The molecule has 0 aromatic rings. The van der Waals surface area contributed by atoms with Crippen molar-refractivity contribution < 1.29 is 24.0 Å². The summed E-state index contributed by atoms with van der Waals surface area (Å²) in [5.41, 5.74) is 0.203. The van der Waals surface area contributed by atoms with Gasteiger partial charge < -0.3 is 5.11 Å².